The maximum atomic E-state index is 12.9. The molecule has 3 heterocycles. The van der Waals surface area contributed by atoms with Gasteiger partial charge in [0.2, 0.25) is 0 Å². The van der Waals surface area contributed by atoms with Crippen molar-refractivity contribution in [2.24, 2.45) is 0 Å². The van der Waals surface area contributed by atoms with Gasteiger partial charge in [0.25, 0.3) is 5.91 Å². The molecule has 4 aromatic rings. The Kier molecular flexibility index (Phi) is 4.54. The topological polar surface area (TPSA) is 46.9 Å². The summed E-state index contributed by atoms with van der Waals surface area (Å²) in [6, 6.07) is 20.1. The fourth-order valence-electron chi connectivity index (χ4n) is 3.18. The van der Waals surface area contributed by atoms with Crippen LogP contribution in [0.5, 0.6) is 0 Å². The van der Waals surface area contributed by atoms with Crippen LogP contribution in [0.25, 0.3) is 10.2 Å². The Morgan fingerprint density at radius 3 is 2.73 bits per heavy atom. The Hall–Kier alpha value is -2.92. The Bertz CT molecular complexity index is 1020. The maximum Gasteiger partial charge on any atom is 0.268 e. The molecular formula is C21H19N3OS. The Labute approximate surface area is 156 Å². The minimum absolute atomic E-state index is 0.0684. The van der Waals surface area contributed by atoms with Crippen molar-refractivity contribution in [2.45, 2.75) is 19.5 Å². The third kappa shape index (κ3) is 3.13. The lowest BCUT2D eigenvalue weighted by atomic mass is 10.1. The molecular weight excluding hydrogens is 342 g/mol. The van der Waals surface area contributed by atoms with E-state index in [-0.39, 0.29) is 11.9 Å². The van der Waals surface area contributed by atoms with Crippen molar-refractivity contribution in [3.63, 3.8) is 0 Å². The predicted molar refractivity (Wildman–Crippen MR) is 105 cm³/mol. The van der Waals surface area contributed by atoms with E-state index in [9.17, 15) is 4.79 Å². The quantitative estimate of drug-likeness (QED) is 0.563. The molecule has 0 aliphatic rings. The first-order valence-corrected chi connectivity index (χ1v) is 9.43. The normalized spacial score (nSPS) is 12.2. The number of hydrogen-bond acceptors (Lipinski definition) is 3. The number of amides is 1. The molecule has 4 rings (SSSR count). The summed E-state index contributed by atoms with van der Waals surface area (Å²) < 4.78 is 3.24. The van der Waals surface area contributed by atoms with Gasteiger partial charge in [-0.25, -0.2) is 0 Å². The maximum absolute atomic E-state index is 12.9. The van der Waals surface area contributed by atoms with Crippen LogP contribution in [0.1, 0.15) is 34.7 Å². The zero-order chi connectivity index (χ0) is 17.9. The van der Waals surface area contributed by atoms with Gasteiger partial charge in [0.15, 0.2) is 0 Å². The van der Waals surface area contributed by atoms with E-state index in [0.717, 1.165) is 15.9 Å². The average Bonchev–Trinajstić information content (AvgIpc) is 3.28. The smallest absolute Gasteiger partial charge is 0.268 e. The number of fused-ring (bicyclic) bond motifs is 1. The minimum Gasteiger partial charge on any atom is -0.345 e. The molecule has 5 heteroatoms. The number of benzene rings is 1. The zero-order valence-corrected chi connectivity index (χ0v) is 15.2. The molecule has 0 aliphatic heterocycles. The molecule has 0 saturated heterocycles. The lowest BCUT2D eigenvalue weighted by Crippen LogP contribution is -2.26. The van der Waals surface area contributed by atoms with Gasteiger partial charge in [0.1, 0.15) is 5.69 Å². The van der Waals surface area contributed by atoms with E-state index in [1.807, 2.05) is 42.5 Å². The summed E-state index contributed by atoms with van der Waals surface area (Å²) in [5.41, 5.74) is 3.79. The van der Waals surface area contributed by atoms with Gasteiger partial charge in [-0.05, 0) is 42.1 Å². The highest BCUT2D eigenvalue weighted by molar-refractivity contribution is 7.17. The molecule has 0 aliphatic carbocycles. The van der Waals surface area contributed by atoms with Gasteiger partial charge in [-0.3, -0.25) is 9.78 Å². The number of nitrogens with one attached hydrogen (secondary N) is 1. The van der Waals surface area contributed by atoms with Gasteiger partial charge in [0, 0.05) is 6.20 Å². The van der Waals surface area contributed by atoms with E-state index >= 15 is 0 Å². The van der Waals surface area contributed by atoms with Crippen LogP contribution >= 0.6 is 11.3 Å². The third-order valence-corrected chi connectivity index (χ3v) is 5.37. The van der Waals surface area contributed by atoms with Crippen LogP contribution in [0.3, 0.4) is 0 Å². The van der Waals surface area contributed by atoms with Crippen LogP contribution in [-0.2, 0) is 6.54 Å². The number of thiophene rings is 1. The summed E-state index contributed by atoms with van der Waals surface area (Å²) >= 11 is 1.65. The first-order valence-electron chi connectivity index (χ1n) is 8.55. The second kappa shape index (κ2) is 7.14. The largest absolute Gasteiger partial charge is 0.345 e. The molecule has 0 bridgehead atoms. The highest BCUT2D eigenvalue weighted by Gasteiger charge is 2.21. The van der Waals surface area contributed by atoms with E-state index in [1.165, 1.54) is 5.56 Å². The van der Waals surface area contributed by atoms with E-state index in [4.69, 9.17) is 0 Å². The molecule has 0 saturated carbocycles. The van der Waals surface area contributed by atoms with E-state index < -0.39 is 0 Å². The van der Waals surface area contributed by atoms with Gasteiger partial charge >= 0.3 is 0 Å². The molecule has 0 fully saturated rings. The second-order valence-electron chi connectivity index (χ2n) is 6.16. The molecule has 26 heavy (non-hydrogen) atoms. The van der Waals surface area contributed by atoms with Gasteiger partial charge in [-0.1, -0.05) is 36.4 Å². The van der Waals surface area contributed by atoms with Gasteiger partial charge in [0.05, 0.1) is 28.5 Å². The minimum atomic E-state index is -0.0816. The lowest BCUT2D eigenvalue weighted by Gasteiger charge is -2.19. The van der Waals surface area contributed by atoms with Gasteiger partial charge in [-0.2, -0.15) is 0 Å². The van der Waals surface area contributed by atoms with Crippen molar-refractivity contribution < 1.29 is 4.79 Å². The second-order valence-corrected chi connectivity index (χ2v) is 7.11. The molecule has 1 atom stereocenters. The SMILES string of the molecule is CC(c1ccccc1)n1c(C(=O)NCc2ccccn2)cc2sccc21. The van der Waals surface area contributed by atoms with Crippen LogP contribution in [0.2, 0.25) is 0 Å². The fourth-order valence-corrected chi connectivity index (χ4v) is 3.99. The fraction of sp³-hybridized carbons (Fsp3) is 0.143. The van der Waals surface area contributed by atoms with Crippen LogP contribution in [0, 0.1) is 0 Å². The number of hydrogen-bond donors (Lipinski definition) is 1. The summed E-state index contributed by atoms with van der Waals surface area (Å²) in [6.45, 7) is 2.54. The molecule has 0 radical (unpaired) electrons. The zero-order valence-electron chi connectivity index (χ0n) is 14.4. The first kappa shape index (κ1) is 16.5. The number of carbonyl (C=O) groups excluding carboxylic acids is 1. The number of nitrogens with zero attached hydrogens (tertiary/aromatic N) is 2. The van der Waals surface area contributed by atoms with E-state index in [2.05, 4.69) is 45.4 Å². The number of pyridine rings is 1. The molecule has 4 nitrogen and oxygen atoms in total. The van der Waals surface area contributed by atoms with Crippen LogP contribution < -0.4 is 5.32 Å². The number of rotatable bonds is 5. The lowest BCUT2D eigenvalue weighted by molar-refractivity contribution is 0.0940. The summed E-state index contributed by atoms with van der Waals surface area (Å²) in [4.78, 5) is 17.1. The molecule has 1 unspecified atom stereocenters. The monoisotopic (exact) mass is 361 g/mol. The van der Waals surface area contributed by atoms with Crippen molar-refractivity contribution >= 4 is 27.5 Å². The van der Waals surface area contributed by atoms with E-state index in [1.54, 1.807) is 17.5 Å². The molecule has 1 amide bonds. The van der Waals surface area contributed by atoms with Crippen LogP contribution in [-0.4, -0.2) is 15.5 Å². The van der Waals surface area contributed by atoms with E-state index in [0.29, 0.717) is 12.2 Å². The summed E-state index contributed by atoms with van der Waals surface area (Å²) in [5.74, 6) is -0.0816. The van der Waals surface area contributed by atoms with Crippen molar-refractivity contribution in [3.8, 4) is 0 Å². The van der Waals surface area contributed by atoms with Gasteiger partial charge in [-0.15, -0.1) is 11.3 Å². The molecule has 130 valence electrons. The van der Waals surface area contributed by atoms with Crippen LogP contribution in [0.4, 0.5) is 0 Å². The molecule has 1 N–H and O–H groups in total. The van der Waals surface area contributed by atoms with Gasteiger partial charge < -0.3 is 9.88 Å². The standard InChI is InChI=1S/C21H19N3OS/c1-15(16-7-3-2-4-8-16)24-18-10-12-26-20(18)13-19(24)21(25)23-14-17-9-5-6-11-22-17/h2-13,15H,14H2,1H3,(H,23,25). The van der Waals surface area contributed by atoms with Crippen LogP contribution in [0.15, 0.2) is 72.2 Å². The summed E-state index contributed by atoms with van der Waals surface area (Å²) in [6.07, 6.45) is 1.73. The van der Waals surface area contributed by atoms with Crippen molar-refractivity contribution in [1.82, 2.24) is 14.9 Å². The summed E-state index contributed by atoms with van der Waals surface area (Å²) in [5, 5.41) is 5.06. The summed E-state index contributed by atoms with van der Waals surface area (Å²) in [7, 11) is 0. The number of carbonyl (C=O) groups is 1. The molecule has 0 spiro atoms. The predicted octanol–water partition coefficient (Wildman–Crippen LogP) is 4.64. The number of aromatic nitrogens is 2. The highest BCUT2D eigenvalue weighted by Crippen LogP contribution is 2.31. The van der Waals surface area contributed by atoms with Crippen molar-refractivity contribution in [3.05, 3.63) is 89.2 Å². The molecule has 1 aromatic carbocycles. The highest BCUT2D eigenvalue weighted by atomic mass is 32.1. The Morgan fingerprint density at radius 2 is 1.96 bits per heavy atom. The average molecular weight is 361 g/mol. The Balaban J connectivity index is 1.66. The first-order chi connectivity index (χ1) is 12.7. The molecule has 3 aromatic heterocycles. The Morgan fingerprint density at radius 1 is 1.15 bits per heavy atom. The third-order valence-electron chi connectivity index (χ3n) is 4.52. The van der Waals surface area contributed by atoms with Crippen molar-refractivity contribution in [1.29, 1.82) is 0 Å². The van der Waals surface area contributed by atoms with Crippen molar-refractivity contribution in [2.75, 3.05) is 0 Å².